The first-order valence-corrected chi connectivity index (χ1v) is 16.6. The topological polar surface area (TPSA) is 116 Å². The molecule has 0 amide bonds. The van der Waals surface area contributed by atoms with Crippen LogP contribution in [0.3, 0.4) is 0 Å². The summed E-state index contributed by atoms with van der Waals surface area (Å²) in [7, 11) is 0. The lowest BCUT2D eigenvalue weighted by molar-refractivity contribution is -0.310. The molecule has 5 fully saturated rings. The minimum absolute atomic E-state index is 0.00801. The van der Waals surface area contributed by atoms with E-state index in [1.807, 2.05) is 0 Å². The van der Waals surface area contributed by atoms with Gasteiger partial charge in [-0.15, -0.1) is 0 Å². The molecule has 0 radical (unpaired) electrons. The van der Waals surface area contributed by atoms with Crippen molar-refractivity contribution in [3.8, 4) is 0 Å². The average molecular weight is 591 g/mol. The highest BCUT2D eigenvalue weighted by Crippen LogP contribution is 2.75. The van der Waals surface area contributed by atoms with Crippen molar-refractivity contribution in [1.29, 1.82) is 0 Å². The summed E-state index contributed by atoms with van der Waals surface area (Å²) in [4.78, 5) is 14.5. The number of aliphatic hydroxyl groups excluding tert-OH is 4. The smallest absolute Gasteiger partial charge is 0.186 e. The number of ether oxygens (including phenoxy) is 2. The Bertz CT molecular complexity index is 1070. The Morgan fingerprint density at radius 3 is 2.29 bits per heavy atom. The van der Waals surface area contributed by atoms with Crippen molar-refractivity contribution in [2.75, 3.05) is 6.61 Å². The molecule has 0 aromatic rings. The van der Waals surface area contributed by atoms with Crippen molar-refractivity contribution in [2.45, 2.75) is 149 Å². The van der Waals surface area contributed by atoms with Gasteiger partial charge in [0.2, 0.25) is 0 Å². The molecule has 0 bridgehead atoms. The minimum atomic E-state index is -1.37. The number of hydrogen-bond donors (Lipinski definition) is 4. The first-order chi connectivity index (χ1) is 19.4. The Labute approximate surface area is 253 Å². The van der Waals surface area contributed by atoms with Crippen molar-refractivity contribution in [1.82, 2.24) is 0 Å². The molecule has 1 aliphatic heterocycles. The van der Waals surface area contributed by atoms with Crippen LogP contribution in [-0.2, 0) is 14.3 Å². The summed E-state index contributed by atoms with van der Waals surface area (Å²) in [5.74, 6) is 0.801. The maximum absolute atomic E-state index is 14.5. The number of aliphatic hydroxyl groups is 4. The first-order valence-electron chi connectivity index (χ1n) is 16.6. The minimum Gasteiger partial charge on any atom is -0.393 e. The quantitative estimate of drug-likeness (QED) is 0.315. The number of carbonyl (C=O) groups excluding carboxylic acids is 1. The molecule has 1 heterocycles. The molecule has 5 rings (SSSR count). The van der Waals surface area contributed by atoms with E-state index in [0.29, 0.717) is 24.5 Å². The van der Waals surface area contributed by atoms with E-state index in [1.165, 1.54) is 5.57 Å². The maximum Gasteiger partial charge on any atom is 0.186 e. The van der Waals surface area contributed by atoms with Gasteiger partial charge in [0.25, 0.3) is 0 Å². The van der Waals surface area contributed by atoms with E-state index >= 15 is 0 Å². The molecular weight excluding hydrogens is 532 g/mol. The number of fused-ring (bicyclic) bond motifs is 5. The van der Waals surface area contributed by atoms with Crippen LogP contribution in [0.1, 0.15) is 113 Å². The molecule has 4 saturated carbocycles. The number of Topliss-reactive ketones (excluding diaryl/α,β-unsaturated/α-hetero) is 1. The largest absolute Gasteiger partial charge is 0.393 e. The zero-order valence-corrected chi connectivity index (χ0v) is 27.4. The Morgan fingerprint density at radius 2 is 1.62 bits per heavy atom. The molecule has 0 spiro atoms. The molecule has 5 aliphatic rings. The number of hydrogen-bond acceptors (Lipinski definition) is 7. The zero-order valence-electron chi connectivity index (χ0n) is 27.4. The van der Waals surface area contributed by atoms with E-state index in [4.69, 9.17) is 9.47 Å². The van der Waals surface area contributed by atoms with Crippen LogP contribution in [0.2, 0.25) is 0 Å². The molecule has 0 aromatic carbocycles. The molecule has 13 atom stereocenters. The van der Waals surface area contributed by atoms with E-state index in [9.17, 15) is 25.2 Å². The van der Waals surface area contributed by atoms with Crippen LogP contribution < -0.4 is 0 Å². The molecule has 4 N–H and O–H groups in total. The predicted octanol–water partition coefficient (Wildman–Crippen LogP) is 5.17. The Hall–Kier alpha value is -0.830. The summed E-state index contributed by atoms with van der Waals surface area (Å²) < 4.78 is 12.4. The van der Waals surface area contributed by atoms with Gasteiger partial charge in [-0.05, 0) is 112 Å². The molecule has 42 heavy (non-hydrogen) atoms. The van der Waals surface area contributed by atoms with Crippen molar-refractivity contribution in [2.24, 2.45) is 45.3 Å². The summed E-state index contributed by atoms with van der Waals surface area (Å²) in [6.45, 7) is 17.8. The van der Waals surface area contributed by atoms with Crippen LogP contribution in [0.5, 0.6) is 0 Å². The van der Waals surface area contributed by atoms with Crippen LogP contribution in [-0.4, -0.2) is 69.1 Å². The highest BCUT2D eigenvalue weighted by Gasteiger charge is 2.71. The van der Waals surface area contributed by atoms with Gasteiger partial charge in [-0.3, -0.25) is 4.79 Å². The van der Waals surface area contributed by atoms with Gasteiger partial charge in [0.05, 0.1) is 18.3 Å². The monoisotopic (exact) mass is 590 g/mol. The van der Waals surface area contributed by atoms with E-state index < -0.39 is 30.2 Å². The van der Waals surface area contributed by atoms with Gasteiger partial charge in [0.1, 0.15) is 24.1 Å². The SMILES string of the molecule is CC(C)=CCC[C@](C)(O[C@@H]1OC[C@@H](O)C(O)C1O)C1CC[C@]2(C)C1C(=O)CC1[C@@]3(C)CC[C@H](O)C(C)(C)C3CC[C@]12C. The van der Waals surface area contributed by atoms with Crippen molar-refractivity contribution >= 4 is 5.78 Å². The molecule has 0 aromatic heterocycles. The van der Waals surface area contributed by atoms with Crippen LogP contribution in [0.4, 0.5) is 0 Å². The second-order valence-corrected chi connectivity index (χ2v) is 16.7. The predicted molar refractivity (Wildman–Crippen MR) is 161 cm³/mol. The summed E-state index contributed by atoms with van der Waals surface area (Å²) in [5, 5.41) is 42.2. The Kier molecular flexibility index (Phi) is 8.46. The molecule has 7 nitrogen and oxygen atoms in total. The van der Waals surface area contributed by atoms with Crippen molar-refractivity contribution in [3.63, 3.8) is 0 Å². The number of rotatable bonds is 6. The van der Waals surface area contributed by atoms with Gasteiger partial charge < -0.3 is 29.9 Å². The molecule has 240 valence electrons. The lowest BCUT2D eigenvalue weighted by Gasteiger charge is -2.69. The highest BCUT2D eigenvalue weighted by molar-refractivity contribution is 5.84. The summed E-state index contributed by atoms with van der Waals surface area (Å²) >= 11 is 0. The third-order valence-electron chi connectivity index (χ3n) is 14.0. The normalized spacial score (nSPS) is 49.8. The number of carbonyl (C=O) groups is 1. The summed E-state index contributed by atoms with van der Waals surface area (Å²) in [5.41, 5.74) is 0.108. The fourth-order valence-corrected chi connectivity index (χ4v) is 11.2. The Morgan fingerprint density at radius 1 is 0.952 bits per heavy atom. The van der Waals surface area contributed by atoms with E-state index in [0.717, 1.165) is 44.9 Å². The van der Waals surface area contributed by atoms with Gasteiger partial charge in [-0.1, -0.05) is 46.3 Å². The first kappa shape index (κ1) is 32.6. The van der Waals surface area contributed by atoms with Gasteiger partial charge in [0.15, 0.2) is 6.29 Å². The molecule has 4 aliphatic carbocycles. The van der Waals surface area contributed by atoms with Crippen LogP contribution in [0, 0.1) is 45.3 Å². The van der Waals surface area contributed by atoms with Crippen LogP contribution in [0.15, 0.2) is 11.6 Å². The lowest BCUT2D eigenvalue weighted by atomic mass is 9.35. The van der Waals surface area contributed by atoms with E-state index in [-0.39, 0.29) is 52.1 Å². The fourth-order valence-electron chi connectivity index (χ4n) is 11.2. The molecular formula is C35H58O7. The zero-order chi connectivity index (χ0) is 31.0. The van der Waals surface area contributed by atoms with Gasteiger partial charge in [-0.25, -0.2) is 0 Å². The van der Waals surface area contributed by atoms with Gasteiger partial charge in [-0.2, -0.15) is 0 Å². The van der Waals surface area contributed by atoms with Crippen molar-refractivity contribution in [3.05, 3.63) is 11.6 Å². The second-order valence-electron chi connectivity index (χ2n) is 16.7. The summed E-state index contributed by atoms with van der Waals surface area (Å²) in [6, 6.07) is 0. The molecule has 7 heteroatoms. The number of ketones is 1. The lowest BCUT2D eigenvalue weighted by Crippen LogP contribution is -2.66. The van der Waals surface area contributed by atoms with Crippen molar-refractivity contribution < 1.29 is 34.7 Å². The van der Waals surface area contributed by atoms with E-state index in [1.54, 1.807) is 0 Å². The third kappa shape index (κ3) is 4.79. The van der Waals surface area contributed by atoms with Crippen LogP contribution in [0.25, 0.3) is 0 Å². The summed E-state index contributed by atoms with van der Waals surface area (Å²) in [6.07, 6.45) is 4.67. The second kappa shape index (κ2) is 10.9. The van der Waals surface area contributed by atoms with Gasteiger partial charge >= 0.3 is 0 Å². The standard InChI is InChI=1S/C35H58O7/c1-20(2)10-9-14-35(8,42-30-29(40)28(39)23(37)19-41-30)21-11-16-34(7)27(21)22(36)18-25-32(5)15-13-26(38)31(3,4)24(32)12-17-33(25,34)6/h10,21,23-30,37-40H,9,11-19H2,1-8H3/t21?,23-,24?,25?,26+,27?,28?,29?,30+,32+,33-,34-,35+/m1/s1. The average Bonchev–Trinajstić information content (AvgIpc) is 3.29. The molecule has 6 unspecified atom stereocenters. The van der Waals surface area contributed by atoms with E-state index in [2.05, 4.69) is 61.5 Å². The fraction of sp³-hybridized carbons (Fsp3) is 0.914. The Balaban J connectivity index is 1.48. The van der Waals surface area contributed by atoms with Gasteiger partial charge in [0, 0.05) is 12.3 Å². The maximum atomic E-state index is 14.5. The highest BCUT2D eigenvalue weighted by atomic mass is 16.7. The van der Waals surface area contributed by atoms with Crippen LogP contribution >= 0.6 is 0 Å². The molecule has 1 saturated heterocycles. The number of allylic oxidation sites excluding steroid dienone is 2. The third-order valence-corrected chi connectivity index (χ3v) is 14.0.